The number of ether oxygens (including phenoxy) is 2. The quantitative estimate of drug-likeness (QED) is 0.382. The van der Waals surface area contributed by atoms with Crippen LogP contribution >= 0.6 is 0 Å². The summed E-state index contributed by atoms with van der Waals surface area (Å²) in [5.41, 5.74) is 0.925. The normalized spacial score (nSPS) is 23.1. The summed E-state index contributed by atoms with van der Waals surface area (Å²) in [4.78, 5) is 45.8. The predicted molar refractivity (Wildman–Crippen MR) is 178 cm³/mol. The lowest BCUT2D eigenvalue weighted by Crippen LogP contribution is -2.48. The molecule has 1 aliphatic carbocycles. The molecule has 0 unspecified atom stereocenters. The van der Waals surface area contributed by atoms with E-state index in [4.69, 9.17) is 9.47 Å². The van der Waals surface area contributed by atoms with Gasteiger partial charge < -0.3 is 34.6 Å². The fourth-order valence-corrected chi connectivity index (χ4v) is 6.18. The molecule has 0 bridgehead atoms. The highest BCUT2D eigenvalue weighted by Crippen LogP contribution is 2.30. The summed E-state index contributed by atoms with van der Waals surface area (Å²) in [6.45, 7) is 7.78. The van der Waals surface area contributed by atoms with Crippen molar-refractivity contribution in [2.45, 2.75) is 103 Å². The van der Waals surface area contributed by atoms with E-state index in [0.29, 0.717) is 43.1 Å². The molecule has 0 saturated heterocycles. The molecule has 0 aromatic heterocycles. The second-order valence-corrected chi connectivity index (χ2v) is 13.5. The molecule has 1 aromatic rings. The van der Waals surface area contributed by atoms with Gasteiger partial charge in [-0.1, -0.05) is 26.2 Å². The van der Waals surface area contributed by atoms with Crippen LogP contribution in [-0.2, 0) is 14.3 Å². The molecule has 1 aliphatic heterocycles. The summed E-state index contributed by atoms with van der Waals surface area (Å²) in [5.74, 6) is 0.127. The first-order valence-corrected chi connectivity index (χ1v) is 17.0. The Hall–Kier alpha value is -2.69. The van der Waals surface area contributed by atoms with Gasteiger partial charge in [0.25, 0.3) is 5.91 Å². The molecule has 1 saturated carbocycles. The number of aliphatic hydroxyl groups excluding tert-OH is 1. The van der Waals surface area contributed by atoms with E-state index in [1.807, 2.05) is 41.9 Å². The van der Waals surface area contributed by atoms with E-state index in [2.05, 4.69) is 10.2 Å². The summed E-state index contributed by atoms with van der Waals surface area (Å²) >= 11 is 0. The highest BCUT2D eigenvalue weighted by molar-refractivity contribution is 6.00. The number of nitrogens with zero attached hydrogens (tertiary/aromatic N) is 3. The molecule has 4 atom stereocenters. The Kier molecular flexibility index (Phi) is 15.1. The van der Waals surface area contributed by atoms with Crippen LogP contribution in [0, 0.1) is 11.8 Å². The zero-order valence-electron chi connectivity index (χ0n) is 28.6. The molecule has 2 aliphatic rings. The second-order valence-electron chi connectivity index (χ2n) is 13.5. The minimum atomic E-state index is -0.468. The molecular weight excluding hydrogens is 572 g/mol. The monoisotopic (exact) mass is 630 g/mol. The number of likely N-dealkylation sites (N-methyl/N-ethyl adjacent to an activating group) is 1. The number of nitrogens with one attached hydrogen (secondary N) is 1. The fourth-order valence-electron chi connectivity index (χ4n) is 6.18. The molecule has 45 heavy (non-hydrogen) atoms. The first kappa shape index (κ1) is 36.8. The Bertz CT molecular complexity index is 1090. The van der Waals surface area contributed by atoms with Crippen LogP contribution in [0.2, 0.25) is 0 Å². The van der Waals surface area contributed by atoms with Crippen LogP contribution in [0.3, 0.4) is 0 Å². The van der Waals surface area contributed by atoms with Crippen molar-refractivity contribution in [1.82, 2.24) is 14.7 Å². The van der Waals surface area contributed by atoms with Gasteiger partial charge in [-0.15, -0.1) is 0 Å². The van der Waals surface area contributed by atoms with Crippen molar-refractivity contribution in [2.24, 2.45) is 11.8 Å². The summed E-state index contributed by atoms with van der Waals surface area (Å²) in [6.07, 6.45) is 8.43. The predicted octanol–water partition coefficient (Wildman–Crippen LogP) is 4.80. The van der Waals surface area contributed by atoms with Gasteiger partial charge in [0, 0.05) is 50.7 Å². The first-order chi connectivity index (χ1) is 21.5. The number of fused-ring (bicyclic) bond motifs is 1. The van der Waals surface area contributed by atoms with E-state index >= 15 is 0 Å². The van der Waals surface area contributed by atoms with Crippen molar-refractivity contribution in [1.29, 1.82) is 0 Å². The maximum atomic E-state index is 14.3. The SMILES string of the molecule is C[C@@H]1CN([C@@H](C)CO)C(=O)c2cc(NC(=O)C3CCCCC3)ccc2O[C@@H](C)CCCCO[C@@H]1CN(C)C(=O)CCCN(C)C. The van der Waals surface area contributed by atoms with Crippen LogP contribution in [0.4, 0.5) is 5.69 Å². The maximum Gasteiger partial charge on any atom is 0.258 e. The lowest BCUT2D eigenvalue weighted by molar-refractivity contribution is -0.132. The molecule has 1 heterocycles. The minimum Gasteiger partial charge on any atom is -0.490 e. The first-order valence-electron chi connectivity index (χ1n) is 17.0. The van der Waals surface area contributed by atoms with Crippen LogP contribution in [0.15, 0.2) is 18.2 Å². The largest absolute Gasteiger partial charge is 0.490 e. The van der Waals surface area contributed by atoms with Crippen molar-refractivity contribution in [3.05, 3.63) is 23.8 Å². The van der Waals surface area contributed by atoms with E-state index in [1.54, 1.807) is 28.0 Å². The Balaban J connectivity index is 1.87. The van der Waals surface area contributed by atoms with Gasteiger partial charge in [-0.25, -0.2) is 0 Å². The van der Waals surface area contributed by atoms with Crippen LogP contribution in [-0.4, -0.2) is 110 Å². The Labute approximate surface area is 270 Å². The number of anilines is 1. The topological polar surface area (TPSA) is 112 Å². The third-order valence-corrected chi connectivity index (χ3v) is 9.17. The van der Waals surface area contributed by atoms with Crippen molar-refractivity contribution >= 4 is 23.4 Å². The van der Waals surface area contributed by atoms with Gasteiger partial charge in [0.05, 0.1) is 30.4 Å². The molecule has 0 radical (unpaired) electrons. The molecular formula is C35H58N4O6. The van der Waals surface area contributed by atoms with Crippen LogP contribution in [0.5, 0.6) is 5.75 Å². The molecule has 10 heteroatoms. The third-order valence-electron chi connectivity index (χ3n) is 9.17. The summed E-state index contributed by atoms with van der Waals surface area (Å²) in [6, 6.07) is 4.83. The van der Waals surface area contributed by atoms with E-state index in [-0.39, 0.29) is 48.4 Å². The average molecular weight is 631 g/mol. The highest BCUT2D eigenvalue weighted by atomic mass is 16.5. The molecule has 3 amide bonds. The minimum absolute atomic E-state index is 0.00754. The van der Waals surface area contributed by atoms with E-state index in [9.17, 15) is 19.5 Å². The fraction of sp³-hybridized carbons (Fsp3) is 0.743. The number of aliphatic hydroxyl groups is 1. The van der Waals surface area contributed by atoms with Gasteiger partial charge in [-0.3, -0.25) is 14.4 Å². The molecule has 254 valence electrons. The summed E-state index contributed by atoms with van der Waals surface area (Å²) in [5, 5.41) is 13.3. The van der Waals surface area contributed by atoms with Crippen LogP contribution in [0.1, 0.15) is 95.3 Å². The zero-order chi connectivity index (χ0) is 32.9. The second kappa shape index (κ2) is 18.5. The molecule has 1 aromatic carbocycles. The van der Waals surface area contributed by atoms with E-state index in [1.165, 1.54) is 6.42 Å². The van der Waals surface area contributed by atoms with Crippen molar-refractivity contribution in [2.75, 3.05) is 59.3 Å². The number of hydrogen-bond acceptors (Lipinski definition) is 7. The number of rotatable bonds is 10. The van der Waals surface area contributed by atoms with Gasteiger partial charge in [-0.2, -0.15) is 0 Å². The lowest BCUT2D eigenvalue weighted by Gasteiger charge is -2.36. The standard InChI is InChI=1S/C35H58N4O6/c1-25-22-39(26(2)24-40)35(43)30-21-29(36-34(42)28-14-8-7-9-15-28)17-18-31(30)45-27(3)13-10-11-20-44-32(25)23-38(6)33(41)16-12-19-37(4)5/h17-18,21,25-28,32,40H,7-16,19-20,22-24H2,1-6H3,(H,36,42)/t25-,26+,27+,32-/m1/s1. The number of amides is 3. The molecule has 10 nitrogen and oxygen atoms in total. The molecule has 3 rings (SSSR count). The van der Waals surface area contributed by atoms with Crippen LogP contribution in [0.25, 0.3) is 0 Å². The van der Waals surface area contributed by atoms with Gasteiger partial charge in [-0.05, 0) is 91.2 Å². The van der Waals surface area contributed by atoms with Crippen molar-refractivity contribution in [3.63, 3.8) is 0 Å². The van der Waals surface area contributed by atoms with E-state index < -0.39 is 6.04 Å². The smallest absolute Gasteiger partial charge is 0.258 e. The molecule has 2 N–H and O–H groups in total. The zero-order valence-corrected chi connectivity index (χ0v) is 28.6. The average Bonchev–Trinajstić information content (AvgIpc) is 3.02. The van der Waals surface area contributed by atoms with E-state index in [0.717, 1.165) is 57.9 Å². The third kappa shape index (κ3) is 11.6. The van der Waals surface area contributed by atoms with Gasteiger partial charge in [0.15, 0.2) is 0 Å². The van der Waals surface area contributed by atoms with Crippen LogP contribution < -0.4 is 10.1 Å². The lowest BCUT2D eigenvalue weighted by atomic mass is 9.88. The highest BCUT2D eigenvalue weighted by Gasteiger charge is 2.31. The number of carbonyl (C=O) groups is 3. The molecule has 0 spiro atoms. The van der Waals surface area contributed by atoms with Gasteiger partial charge in [0.1, 0.15) is 5.75 Å². The summed E-state index contributed by atoms with van der Waals surface area (Å²) in [7, 11) is 5.81. The number of hydrogen-bond donors (Lipinski definition) is 2. The van der Waals surface area contributed by atoms with Crippen molar-refractivity contribution < 1.29 is 29.0 Å². The number of carbonyl (C=O) groups excluding carboxylic acids is 3. The number of benzene rings is 1. The molecule has 1 fully saturated rings. The van der Waals surface area contributed by atoms with Gasteiger partial charge >= 0.3 is 0 Å². The van der Waals surface area contributed by atoms with Gasteiger partial charge in [0.2, 0.25) is 11.8 Å². The summed E-state index contributed by atoms with van der Waals surface area (Å²) < 4.78 is 12.7. The van der Waals surface area contributed by atoms with Crippen molar-refractivity contribution in [3.8, 4) is 5.75 Å². The Morgan fingerprint density at radius 2 is 1.78 bits per heavy atom. The Morgan fingerprint density at radius 1 is 1.07 bits per heavy atom. The maximum absolute atomic E-state index is 14.3. The Morgan fingerprint density at radius 3 is 2.47 bits per heavy atom.